The molecule has 1 amide bonds. The van der Waals surface area contributed by atoms with E-state index in [2.05, 4.69) is 10.3 Å². The summed E-state index contributed by atoms with van der Waals surface area (Å²) in [6.45, 7) is 5.83. The Morgan fingerprint density at radius 2 is 2.07 bits per heavy atom. The van der Waals surface area contributed by atoms with Crippen LogP contribution >= 0.6 is 0 Å². The van der Waals surface area contributed by atoms with Gasteiger partial charge in [0.25, 0.3) is 5.91 Å². The first-order valence-corrected chi connectivity index (χ1v) is 9.30. The standard InChI is InChI=1S/C20H25N3O5/c1-4-27-16-13(3)15(11-24)28-19(16)23-10-12(2)17(22-20(23)26)21-18(25)14-8-6-5-7-9-14/h5-10,13,15-16,19,24H,4,11H2,1-3H3,(H,21,22,25,26)/t13-,15-,16-,19-/m1/s1. The molecule has 1 aliphatic heterocycles. The number of benzene rings is 1. The van der Waals surface area contributed by atoms with Gasteiger partial charge in [-0.25, -0.2) is 4.79 Å². The predicted molar refractivity (Wildman–Crippen MR) is 103 cm³/mol. The molecule has 8 nitrogen and oxygen atoms in total. The van der Waals surface area contributed by atoms with Gasteiger partial charge in [0.05, 0.1) is 12.7 Å². The fourth-order valence-corrected chi connectivity index (χ4v) is 3.36. The summed E-state index contributed by atoms with van der Waals surface area (Å²) in [5, 5.41) is 12.2. The number of ether oxygens (including phenoxy) is 2. The van der Waals surface area contributed by atoms with Crippen LogP contribution in [0, 0.1) is 12.8 Å². The molecule has 2 aromatic rings. The Morgan fingerprint density at radius 3 is 2.71 bits per heavy atom. The summed E-state index contributed by atoms with van der Waals surface area (Å²) < 4.78 is 13.0. The van der Waals surface area contributed by atoms with Crippen molar-refractivity contribution in [3.8, 4) is 0 Å². The van der Waals surface area contributed by atoms with Gasteiger partial charge in [0.1, 0.15) is 11.9 Å². The Bertz CT molecular complexity index is 883. The van der Waals surface area contributed by atoms with Gasteiger partial charge >= 0.3 is 5.69 Å². The number of rotatable bonds is 6. The maximum Gasteiger partial charge on any atom is 0.351 e. The number of aryl methyl sites for hydroxylation is 1. The number of aliphatic hydroxyl groups is 1. The number of hydrogen-bond acceptors (Lipinski definition) is 6. The molecular weight excluding hydrogens is 362 g/mol. The highest BCUT2D eigenvalue weighted by Gasteiger charge is 2.43. The summed E-state index contributed by atoms with van der Waals surface area (Å²) in [4.78, 5) is 29.0. The van der Waals surface area contributed by atoms with E-state index in [1.54, 1.807) is 37.4 Å². The lowest BCUT2D eigenvalue weighted by atomic mass is 10.0. The van der Waals surface area contributed by atoms with E-state index in [1.165, 1.54) is 4.57 Å². The van der Waals surface area contributed by atoms with Crippen molar-refractivity contribution in [2.75, 3.05) is 18.5 Å². The third-order valence-electron chi connectivity index (χ3n) is 4.92. The normalized spacial score (nSPS) is 24.3. The summed E-state index contributed by atoms with van der Waals surface area (Å²) >= 11 is 0. The molecule has 1 aromatic heterocycles. The van der Waals surface area contributed by atoms with E-state index in [9.17, 15) is 14.7 Å². The molecule has 1 saturated heterocycles. The molecular formula is C20H25N3O5. The average molecular weight is 387 g/mol. The molecule has 0 spiro atoms. The first kappa shape index (κ1) is 20.2. The molecule has 4 atom stereocenters. The quantitative estimate of drug-likeness (QED) is 0.783. The van der Waals surface area contributed by atoms with Crippen molar-refractivity contribution in [3.05, 3.63) is 58.1 Å². The summed E-state index contributed by atoms with van der Waals surface area (Å²) in [6, 6.07) is 8.70. The van der Waals surface area contributed by atoms with Crippen LogP contribution in [-0.2, 0) is 9.47 Å². The Balaban J connectivity index is 1.87. The molecule has 8 heteroatoms. The zero-order valence-corrected chi connectivity index (χ0v) is 16.2. The van der Waals surface area contributed by atoms with Crippen molar-refractivity contribution in [1.82, 2.24) is 9.55 Å². The molecule has 0 unspecified atom stereocenters. The van der Waals surface area contributed by atoms with Crippen LogP contribution in [0.3, 0.4) is 0 Å². The molecule has 0 bridgehead atoms. The van der Waals surface area contributed by atoms with Crippen molar-refractivity contribution in [3.63, 3.8) is 0 Å². The van der Waals surface area contributed by atoms with Crippen LogP contribution in [0.4, 0.5) is 5.82 Å². The van der Waals surface area contributed by atoms with Crippen LogP contribution < -0.4 is 11.0 Å². The number of nitrogens with one attached hydrogen (secondary N) is 1. The van der Waals surface area contributed by atoms with Crippen molar-refractivity contribution >= 4 is 11.7 Å². The van der Waals surface area contributed by atoms with E-state index in [-0.39, 0.29) is 30.4 Å². The highest BCUT2D eigenvalue weighted by Crippen LogP contribution is 2.35. The number of carbonyl (C=O) groups excluding carboxylic acids is 1. The lowest BCUT2D eigenvalue weighted by molar-refractivity contribution is -0.0708. The van der Waals surface area contributed by atoms with E-state index in [4.69, 9.17) is 9.47 Å². The van der Waals surface area contributed by atoms with Gasteiger partial charge in [0.2, 0.25) is 0 Å². The fourth-order valence-electron chi connectivity index (χ4n) is 3.36. The van der Waals surface area contributed by atoms with Gasteiger partial charge < -0.3 is 19.9 Å². The molecule has 2 heterocycles. The largest absolute Gasteiger partial charge is 0.394 e. The molecule has 1 aromatic carbocycles. The molecule has 150 valence electrons. The first-order valence-electron chi connectivity index (χ1n) is 9.30. The van der Waals surface area contributed by atoms with Gasteiger partial charge in [0, 0.05) is 29.8 Å². The van der Waals surface area contributed by atoms with Crippen LogP contribution in [0.15, 0.2) is 41.3 Å². The zero-order valence-electron chi connectivity index (χ0n) is 16.2. The second-order valence-electron chi connectivity index (χ2n) is 6.81. The van der Waals surface area contributed by atoms with Gasteiger partial charge in [-0.1, -0.05) is 25.1 Å². The number of hydrogen-bond donors (Lipinski definition) is 2. The topological polar surface area (TPSA) is 103 Å². The van der Waals surface area contributed by atoms with Crippen molar-refractivity contribution < 1.29 is 19.4 Å². The van der Waals surface area contributed by atoms with E-state index in [0.29, 0.717) is 17.7 Å². The van der Waals surface area contributed by atoms with E-state index in [0.717, 1.165) is 0 Å². The number of aliphatic hydroxyl groups excluding tert-OH is 1. The molecule has 3 rings (SSSR count). The Labute approximate surface area is 163 Å². The van der Waals surface area contributed by atoms with Crippen LogP contribution in [0.25, 0.3) is 0 Å². The van der Waals surface area contributed by atoms with Crippen molar-refractivity contribution in [1.29, 1.82) is 0 Å². The molecule has 1 aliphatic rings. The summed E-state index contributed by atoms with van der Waals surface area (Å²) in [7, 11) is 0. The summed E-state index contributed by atoms with van der Waals surface area (Å²) in [5.74, 6) is -0.223. The van der Waals surface area contributed by atoms with Crippen LogP contribution in [-0.4, -0.2) is 46.0 Å². The highest BCUT2D eigenvalue weighted by molar-refractivity contribution is 6.03. The summed E-state index contributed by atoms with van der Waals surface area (Å²) in [6.07, 6.45) is 0.0979. The van der Waals surface area contributed by atoms with Crippen LogP contribution in [0.5, 0.6) is 0 Å². The number of amides is 1. The molecule has 0 radical (unpaired) electrons. The maximum atomic E-state index is 12.7. The van der Waals surface area contributed by atoms with Crippen LogP contribution in [0.1, 0.15) is 36.0 Å². The zero-order chi connectivity index (χ0) is 20.3. The Kier molecular flexibility index (Phi) is 6.23. The van der Waals surface area contributed by atoms with Crippen LogP contribution in [0.2, 0.25) is 0 Å². The van der Waals surface area contributed by atoms with Crippen molar-refractivity contribution in [2.45, 2.75) is 39.2 Å². The van der Waals surface area contributed by atoms with E-state index < -0.39 is 18.0 Å². The lowest BCUT2D eigenvalue weighted by Crippen LogP contribution is -2.35. The van der Waals surface area contributed by atoms with Gasteiger partial charge in [-0.05, 0) is 26.0 Å². The van der Waals surface area contributed by atoms with E-state index in [1.807, 2.05) is 19.9 Å². The second kappa shape index (κ2) is 8.64. The number of anilines is 1. The minimum atomic E-state index is -0.690. The first-order chi connectivity index (χ1) is 13.5. The van der Waals surface area contributed by atoms with Crippen molar-refractivity contribution in [2.24, 2.45) is 5.92 Å². The molecule has 0 saturated carbocycles. The van der Waals surface area contributed by atoms with Gasteiger partial charge in [-0.3, -0.25) is 9.36 Å². The average Bonchev–Trinajstić information content (AvgIpc) is 3.01. The number of carbonyl (C=O) groups is 1. The maximum absolute atomic E-state index is 12.7. The Hall–Kier alpha value is -2.55. The smallest absolute Gasteiger partial charge is 0.351 e. The molecule has 1 fully saturated rings. The fraction of sp³-hybridized carbons (Fsp3) is 0.450. The highest BCUT2D eigenvalue weighted by atomic mass is 16.6. The molecule has 2 N–H and O–H groups in total. The SMILES string of the molecule is CCO[C@@H]1[C@H](C)[C@@H](CO)O[C@H]1n1cc(C)c(NC(=O)c2ccccc2)nc1=O. The minimum Gasteiger partial charge on any atom is -0.394 e. The lowest BCUT2D eigenvalue weighted by Gasteiger charge is -2.23. The van der Waals surface area contributed by atoms with E-state index >= 15 is 0 Å². The third kappa shape index (κ3) is 3.99. The predicted octanol–water partition coefficient (Wildman–Crippen LogP) is 1.73. The number of nitrogens with zero attached hydrogens (tertiary/aromatic N) is 2. The molecule has 0 aliphatic carbocycles. The van der Waals surface area contributed by atoms with Gasteiger partial charge in [0.15, 0.2) is 6.23 Å². The minimum absolute atomic E-state index is 0.0837. The third-order valence-corrected chi connectivity index (χ3v) is 4.92. The van der Waals surface area contributed by atoms with Gasteiger partial charge in [-0.2, -0.15) is 4.98 Å². The summed E-state index contributed by atoms with van der Waals surface area (Å²) in [5.41, 5.74) is 0.528. The Morgan fingerprint density at radius 1 is 1.36 bits per heavy atom. The monoisotopic (exact) mass is 387 g/mol. The molecule has 28 heavy (non-hydrogen) atoms. The van der Waals surface area contributed by atoms with Gasteiger partial charge in [-0.15, -0.1) is 0 Å². The second-order valence-corrected chi connectivity index (χ2v) is 6.81. The number of aromatic nitrogens is 2.